The van der Waals surface area contributed by atoms with E-state index >= 15 is 0 Å². The topological polar surface area (TPSA) is 32.7 Å². The van der Waals surface area contributed by atoms with Gasteiger partial charge in [-0.2, -0.15) is 0 Å². The number of fused-ring (bicyclic) bond motifs is 2. The Kier molecular flexibility index (Phi) is 4.78. The molecule has 2 aliphatic heterocycles. The Hall–Kier alpha value is -1.82. The van der Waals surface area contributed by atoms with E-state index in [9.17, 15) is 13.9 Å². The molecule has 4 rings (SSSR count). The smallest absolute Gasteiger partial charge is 0.263 e. The van der Waals surface area contributed by atoms with Crippen LogP contribution in [0.4, 0.5) is 8.78 Å². The van der Waals surface area contributed by atoms with Crippen molar-refractivity contribution in [3.8, 4) is 0 Å². The average molecular weight is 359 g/mol. The van der Waals surface area contributed by atoms with Crippen molar-refractivity contribution in [1.29, 1.82) is 0 Å². The SMILES string of the molecule is OC1(c2ccc(C(F)F)cc2)CC2COCC(C1)N2Cc1ccccc1. The van der Waals surface area contributed by atoms with Gasteiger partial charge in [-0.05, 0) is 24.0 Å². The molecule has 1 N–H and O–H groups in total. The summed E-state index contributed by atoms with van der Waals surface area (Å²) >= 11 is 0. The molecule has 0 aromatic heterocycles. The van der Waals surface area contributed by atoms with E-state index in [-0.39, 0.29) is 17.6 Å². The van der Waals surface area contributed by atoms with Gasteiger partial charge in [0.15, 0.2) is 0 Å². The molecule has 2 unspecified atom stereocenters. The normalized spacial score (nSPS) is 29.1. The number of alkyl halides is 2. The fourth-order valence-corrected chi connectivity index (χ4v) is 4.27. The molecule has 0 amide bonds. The van der Waals surface area contributed by atoms with Crippen LogP contribution in [0.1, 0.15) is 36.0 Å². The summed E-state index contributed by atoms with van der Waals surface area (Å²) in [6.07, 6.45) is -1.39. The van der Waals surface area contributed by atoms with Gasteiger partial charge in [0.25, 0.3) is 6.43 Å². The van der Waals surface area contributed by atoms with Gasteiger partial charge in [-0.1, -0.05) is 54.6 Å². The molecule has 0 spiro atoms. The van der Waals surface area contributed by atoms with Gasteiger partial charge in [0, 0.05) is 24.2 Å². The van der Waals surface area contributed by atoms with Gasteiger partial charge in [0.1, 0.15) is 0 Å². The highest BCUT2D eigenvalue weighted by atomic mass is 19.3. The summed E-state index contributed by atoms with van der Waals surface area (Å²) in [6.45, 7) is 2.00. The molecule has 2 heterocycles. The zero-order chi connectivity index (χ0) is 18.1. The standard InChI is InChI=1S/C21H23F2NO2/c22-20(23)16-6-8-17(9-7-16)21(25)10-18-13-26-14-19(11-21)24(18)12-15-4-2-1-3-5-15/h1-9,18-20,25H,10-14H2. The lowest BCUT2D eigenvalue weighted by Gasteiger charge is -2.52. The number of nitrogens with zero attached hydrogens (tertiary/aromatic N) is 1. The molecule has 2 aromatic carbocycles. The summed E-state index contributed by atoms with van der Waals surface area (Å²) in [7, 11) is 0. The van der Waals surface area contributed by atoms with Crippen molar-refractivity contribution in [2.75, 3.05) is 13.2 Å². The van der Waals surface area contributed by atoms with Gasteiger partial charge in [0.05, 0.1) is 18.8 Å². The van der Waals surface area contributed by atoms with E-state index in [4.69, 9.17) is 4.74 Å². The van der Waals surface area contributed by atoms with Crippen molar-refractivity contribution >= 4 is 0 Å². The minimum Gasteiger partial charge on any atom is -0.385 e. The van der Waals surface area contributed by atoms with E-state index < -0.39 is 12.0 Å². The summed E-state index contributed by atoms with van der Waals surface area (Å²) < 4.78 is 31.3. The molecule has 0 aliphatic carbocycles. The minimum absolute atomic E-state index is 0.0117. The van der Waals surface area contributed by atoms with Crippen LogP contribution in [-0.4, -0.2) is 35.3 Å². The predicted molar refractivity (Wildman–Crippen MR) is 94.9 cm³/mol. The van der Waals surface area contributed by atoms with Crippen LogP contribution in [0.15, 0.2) is 54.6 Å². The predicted octanol–water partition coefficient (Wildman–Crippen LogP) is 3.88. The maximum absolute atomic E-state index is 12.8. The number of hydrogen-bond acceptors (Lipinski definition) is 3. The van der Waals surface area contributed by atoms with Crippen molar-refractivity contribution in [2.24, 2.45) is 0 Å². The summed E-state index contributed by atoms with van der Waals surface area (Å²) in [5, 5.41) is 11.3. The van der Waals surface area contributed by atoms with Crippen molar-refractivity contribution in [3.05, 3.63) is 71.3 Å². The Balaban J connectivity index is 1.55. The Bertz CT molecular complexity index is 721. The minimum atomic E-state index is -2.49. The Labute approximate surface area is 152 Å². The first-order valence-corrected chi connectivity index (χ1v) is 9.03. The number of piperidine rings is 1. The molecule has 0 radical (unpaired) electrons. The van der Waals surface area contributed by atoms with E-state index in [2.05, 4.69) is 17.0 Å². The zero-order valence-corrected chi connectivity index (χ0v) is 14.5. The lowest BCUT2D eigenvalue weighted by Crippen LogP contribution is -2.60. The summed E-state index contributed by atoms with van der Waals surface area (Å²) in [5.74, 6) is 0. The number of morpholine rings is 1. The van der Waals surface area contributed by atoms with Crippen molar-refractivity contribution < 1.29 is 18.6 Å². The van der Waals surface area contributed by atoms with Crippen molar-refractivity contribution in [2.45, 2.75) is 43.5 Å². The maximum Gasteiger partial charge on any atom is 0.263 e. The quantitative estimate of drug-likeness (QED) is 0.899. The van der Waals surface area contributed by atoms with Gasteiger partial charge in [-0.15, -0.1) is 0 Å². The number of aliphatic hydroxyl groups is 1. The van der Waals surface area contributed by atoms with Gasteiger partial charge < -0.3 is 9.84 Å². The molecule has 2 fully saturated rings. The largest absolute Gasteiger partial charge is 0.385 e. The highest BCUT2D eigenvalue weighted by molar-refractivity contribution is 5.29. The van der Waals surface area contributed by atoms with Gasteiger partial charge in [-0.25, -0.2) is 8.78 Å². The highest BCUT2D eigenvalue weighted by Gasteiger charge is 2.46. The van der Waals surface area contributed by atoms with Crippen LogP contribution in [0.25, 0.3) is 0 Å². The number of halogens is 2. The third kappa shape index (κ3) is 3.39. The molecular weight excluding hydrogens is 336 g/mol. The Morgan fingerprint density at radius 2 is 1.62 bits per heavy atom. The second-order valence-corrected chi connectivity index (χ2v) is 7.37. The monoisotopic (exact) mass is 359 g/mol. The zero-order valence-electron chi connectivity index (χ0n) is 14.5. The molecule has 2 saturated heterocycles. The molecule has 2 aromatic rings. The maximum atomic E-state index is 12.8. The van der Waals surface area contributed by atoms with E-state index in [1.165, 1.54) is 17.7 Å². The first kappa shape index (κ1) is 17.6. The van der Waals surface area contributed by atoms with Crippen LogP contribution in [0, 0.1) is 0 Å². The molecule has 0 saturated carbocycles. The summed E-state index contributed by atoms with van der Waals surface area (Å²) in [6, 6.07) is 16.6. The fourth-order valence-electron chi connectivity index (χ4n) is 4.27. The summed E-state index contributed by atoms with van der Waals surface area (Å²) in [4.78, 5) is 2.42. The molecular formula is C21H23F2NO2. The van der Waals surface area contributed by atoms with Crippen LogP contribution in [0.5, 0.6) is 0 Å². The van der Waals surface area contributed by atoms with Gasteiger partial charge in [-0.3, -0.25) is 4.90 Å². The Morgan fingerprint density at radius 1 is 1.00 bits per heavy atom. The second-order valence-electron chi connectivity index (χ2n) is 7.37. The third-order valence-electron chi connectivity index (χ3n) is 5.61. The number of benzene rings is 2. The van der Waals surface area contributed by atoms with Crippen LogP contribution in [0.3, 0.4) is 0 Å². The molecule has 5 heteroatoms. The third-order valence-corrected chi connectivity index (χ3v) is 5.61. The van der Waals surface area contributed by atoms with Crippen molar-refractivity contribution in [1.82, 2.24) is 4.90 Å². The van der Waals surface area contributed by atoms with E-state index in [1.807, 2.05) is 18.2 Å². The lowest BCUT2D eigenvalue weighted by atomic mass is 9.76. The molecule has 3 nitrogen and oxygen atoms in total. The number of hydrogen-bond donors (Lipinski definition) is 1. The second kappa shape index (κ2) is 7.06. The van der Waals surface area contributed by atoms with Crippen LogP contribution >= 0.6 is 0 Å². The first-order chi connectivity index (χ1) is 12.5. The van der Waals surface area contributed by atoms with Gasteiger partial charge >= 0.3 is 0 Å². The first-order valence-electron chi connectivity index (χ1n) is 9.03. The molecule has 138 valence electrons. The van der Waals surface area contributed by atoms with Gasteiger partial charge in [0.2, 0.25) is 0 Å². The van der Waals surface area contributed by atoms with Crippen molar-refractivity contribution in [3.63, 3.8) is 0 Å². The fraction of sp³-hybridized carbons (Fsp3) is 0.429. The number of rotatable bonds is 4. The van der Waals surface area contributed by atoms with Crippen LogP contribution in [0.2, 0.25) is 0 Å². The highest BCUT2D eigenvalue weighted by Crippen LogP contribution is 2.41. The molecule has 2 aliphatic rings. The lowest BCUT2D eigenvalue weighted by molar-refractivity contribution is -0.149. The van der Waals surface area contributed by atoms with Crippen LogP contribution in [-0.2, 0) is 16.9 Å². The Morgan fingerprint density at radius 3 is 2.19 bits per heavy atom. The molecule has 26 heavy (non-hydrogen) atoms. The van der Waals surface area contributed by atoms with Crippen LogP contribution < -0.4 is 0 Å². The summed E-state index contributed by atoms with van der Waals surface area (Å²) in [5.41, 5.74) is 0.962. The average Bonchev–Trinajstić information content (AvgIpc) is 2.64. The number of ether oxygens (including phenoxy) is 1. The van der Waals surface area contributed by atoms with E-state index in [1.54, 1.807) is 12.1 Å². The van der Waals surface area contributed by atoms with E-state index in [0.717, 1.165) is 12.1 Å². The van der Waals surface area contributed by atoms with E-state index in [0.29, 0.717) is 26.1 Å². The molecule has 2 atom stereocenters. The molecule has 2 bridgehead atoms.